The molecule has 13 heavy (non-hydrogen) atoms. The Morgan fingerprint density at radius 3 is 3.08 bits per heavy atom. The number of H-pyrrole nitrogens is 1. The predicted octanol–water partition coefficient (Wildman–Crippen LogP) is 0.154. The van der Waals surface area contributed by atoms with Gasteiger partial charge < -0.3 is 15.4 Å². The summed E-state index contributed by atoms with van der Waals surface area (Å²) in [6, 6.07) is 0. The van der Waals surface area contributed by atoms with E-state index in [-0.39, 0.29) is 17.4 Å². The number of thiazole rings is 1. The summed E-state index contributed by atoms with van der Waals surface area (Å²) in [6.45, 7) is 3.56. The van der Waals surface area contributed by atoms with Crippen LogP contribution in [0.5, 0.6) is 0 Å². The first kappa shape index (κ1) is 10.4. The molecule has 0 fully saturated rings. The van der Waals surface area contributed by atoms with Crippen LogP contribution in [0, 0.1) is 5.92 Å². The molecule has 0 bridgehead atoms. The maximum Gasteiger partial charge on any atom is 0.304 e. The number of aliphatic hydroxyl groups is 1. The Kier molecular flexibility index (Phi) is 4.14. The smallest absolute Gasteiger partial charge is 0.304 e. The van der Waals surface area contributed by atoms with Gasteiger partial charge in [-0.1, -0.05) is 18.3 Å². The van der Waals surface area contributed by atoms with E-state index in [1.165, 1.54) is 11.3 Å². The molecular weight excluding hydrogens is 188 g/mol. The highest BCUT2D eigenvalue weighted by atomic mass is 32.1. The molecule has 1 unspecified atom stereocenters. The van der Waals surface area contributed by atoms with Crippen LogP contribution in [-0.4, -0.2) is 23.2 Å². The minimum atomic E-state index is -0.0213. The van der Waals surface area contributed by atoms with Crippen LogP contribution in [0.25, 0.3) is 0 Å². The van der Waals surface area contributed by atoms with E-state index in [1.54, 1.807) is 5.38 Å². The quantitative estimate of drug-likeness (QED) is 0.637. The van der Waals surface area contributed by atoms with Crippen molar-refractivity contribution in [2.24, 2.45) is 5.92 Å². The van der Waals surface area contributed by atoms with Gasteiger partial charge in [-0.15, -0.1) is 0 Å². The first-order chi connectivity index (χ1) is 6.22. The van der Waals surface area contributed by atoms with Crippen molar-refractivity contribution in [3.8, 4) is 0 Å². The number of rotatable bonds is 5. The molecule has 5 heteroatoms. The number of nitrogens with one attached hydrogen (secondary N) is 2. The number of aromatic nitrogens is 1. The Labute approximate surface area is 80.6 Å². The van der Waals surface area contributed by atoms with Crippen molar-refractivity contribution in [1.29, 1.82) is 0 Å². The fourth-order valence-electron chi connectivity index (χ4n) is 0.918. The number of hydrogen-bond donors (Lipinski definition) is 3. The molecule has 0 aliphatic carbocycles. The Hall–Kier alpha value is -0.650. The zero-order valence-corrected chi connectivity index (χ0v) is 8.36. The zero-order chi connectivity index (χ0) is 9.68. The highest BCUT2D eigenvalue weighted by Crippen LogP contribution is 1.95. The molecule has 1 rings (SSSR count). The van der Waals surface area contributed by atoms with E-state index in [2.05, 4.69) is 10.3 Å². The van der Waals surface area contributed by atoms with Gasteiger partial charge in [0.25, 0.3) is 0 Å². The minimum absolute atomic E-state index is 0.0213. The molecular formula is C8H14N2O2S. The van der Waals surface area contributed by atoms with Crippen molar-refractivity contribution in [3.05, 3.63) is 20.7 Å². The van der Waals surface area contributed by atoms with E-state index >= 15 is 0 Å². The molecule has 0 radical (unpaired) electrons. The van der Waals surface area contributed by atoms with Gasteiger partial charge in [-0.05, 0) is 5.92 Å². The summed E-state index contributed by atoms with van der Waals surface area (Å²) in [5, 5.41) is 13.7. The van der Waals surface area contributed by atoms with Crippen LogP contribution < -0.4 is 10.2 Å². The van der Waals surface area contributed by atoms with Gasteiger partial charge in [0.15, 0.2) is 0 Å². The minimum Gasteiger partial charge on any atom is -0.396 e. The molecule has 1 aromatic heterocycles. The fourth-order valence-corrected chi connectivity index (χ4v) is 1.50. The molecule has 0 saturated carbocycles. The zero-order valence-electron chi connectivity index (χ0n) is 7.54. The summed E-state index contributed by atoms with van der Waals surface area (Å²) in [7, 11) is 0. The van der Waals surface area contributed by atoms with Crippen LogP contribution in [0.2, 0.25) is 0 Å². The van der Waals surface area contributed by atoms with Crippen molar-refractivity contribution >= 4 is 11.3 Å². The van der Waals surface area contributed by atoms with Gasteiger partial charge in [-0.25, -0.2) is 0 Å². The molecule has 1 aromatic rings. The SMILES string of the molecule is CC(CO)CNCc1csc(=O)[nH]1. The van der Waals surface area contributed by atoms with Gasteiger partial charge in [0.05, 0.1) is 0 Å². The molecule has 0 saturated heterocycles. The molecule has 0 aliphatic heterocycles. The van der Waals surface area contributed by atoms with Crippen molar-refractivity contribution in [2.75, 3.05) is 13.2 Å². The average Bonchev–Trinajstić information content (AvgIpc) is 2.51. The van der Waals surface area contributed by atoms with Crippen LogP contribution >= 0.6 is 11.3 Å². The first-order valence-electron chi connectivity index (χ1n) is 4.20. The molecule has 0 aliphatic rings. The van der Waals surface area contributed by atoms with E-state index in [1.807, 2.05) is 6.92 Å². The molecule has 0 aromatic carbocycles. The molecule has 74 valence electrons. The second kappa shape index (κ2) is 5.16. The number of aliphatic hydroxyl groups excluding tert-OH is 1. The lowest BCUT2D eigenvalue weighted by Crippen LogP contribution is -2.23. The van der Waals surface area contributed by atoms with Crippen molar-refractivity contribution in [2.45, 2.75) is 13.5 Å². The van der Waals surface area contributed by atoms with Gasteiger partial charge in [0.1, 0.15) is 0 Å². The standard InChI is InChI=1S/C8H14N2O2S/c1-6(4-11)2-9-3-7-5-13-8(12)10-7/h5-6,9,11H,2-4H2,1H3,(H,10,12). The van der Waals surface area contributed by atoms with Crippen LogP contribution in [0.15, 0.2) is 10.2 Å². The van der Waals surface area contributed by atoms with E-state index in [9.17, 15) is 4.79 Å². The van der Waals surface area contributed by atoms with Crippen LogP contribution in [0.4, 0.5) is 0 Å². The van der Waals surface area contributed by atoms with Crippen molar-refractivity contribution in [1.82, 2.24) is 10.3 Å². The second-order valence-electron chi connectivity index (χ2n) is 3.09. The predicted molar refractivity (Wildman–Crippen MR) is 52.9 cm³/mol. The van der Waals surface area contributed by atoms with Gasteiger partial charge in [0.2, 0.25) is 0 Å². The Balaban J connectivity index is 2.24. The van der Waals surface area contributed by atoms with E-state index < -0.39 is 0 Å². The van der Waals surface area contributed by atoms with Crippen LogP contribution in [0.3, 0.4) is 0 Å². The van der Waals surface area contributed by atoms with Gasteiger partial charge in [-0.3, -0.25) is 4.79 Å². The Bertz CT molecular complexity index is 294. The lowest BCUT2D eigenvalue weighted by atomic mass is 10.2. The molecule has 4 nitrogen and oxygen atoms in total. The number of aromatic amines is 1. The maximum absolute atomic E-state index is 10.7. The summed E-state index contributed by atoms with van der Waals surface area (Å²) in [5.41, 5.74) is 0.903. The fraction of sp³-hybridized carbons (Fsp3) is 0.625. The van der Waals surface area contributed by atoms with Gasteiger partial charge in [-0.2, -0.15) is 0 Å². The Morgan fingerprint density at radius 2 is 2.54 bits per heavy atom. The highest BCUT2D eigenvalue weighted by molar-refractivity contribution is 7.07. The van der Waals surface area contributed by atoms with E-state index in [0.29, 0.717) is 6.54 Å². The molecule has 1 atom stereocenters. The molecule has 3 N–H and O–H groups in total. The summed E-state index contributed by atoms with van der Waals surface area (Å²) in [4.78, 5) is 13.4. The average molecular weight is 202 g/mol. The third kappa shape index (κ3) is 3.71. The van der Waals surface area contributed by atoms with Gasteiger partial charge in [0, 0.05) is 30.8 Å². The van der Waals surface area contributed by atoms with E-state index in [4.69, 9.17) is 5.11 Å². The highest BCUT2D eigenvalue weighted by Gasteiger charge is 1.99. The Morgan fingerprint density at radius 1 is 1.77 bits per heavy atom. The largest absolute Gasteiger partial charge is 0.396 e. The topological polar surface area (TPSA) is 65.1 Å². The van der Waals surface area contributed by atoms with Crippen molar-refractivity contribution < 1.29 is 5.11 Å². The summed E-state index contributed by atoms with van der Waals surface area (Å²) >= 11 is 1.17. The molecule has 0 amide bonds. The van der Waals surface area contributed by atoms with Crippen LogP contribution in [-0.2, 0) is 6.54 Å². The maximum atomic E-state index is 10.7. The third-order valence-corrected chi connectivity index (χ3v) is 2.41. The van der Waals surface area contributed by atoms with E-state index in [0.717, 1.165) is 12.2 Å². The van der Waals surface area contributed by atoms with Gasteiger partial charge >= 0.3 is 4.87 Å². The van der Waals surface area contributed by atoms with Crippen LogP contribution in [0.1, 0.15) is 12.6 Å². The van der Waals surface area contributed by atoms with Crippen molar-refractivity contribution in [3.63, 3.8) is 0 Å². The first-order valence-corrected chi connectivity index (χ1v) is 5.08. The summed E-state index contributed by atoms with van der Waals surface area (Å²) < 4.78 is 0. The second-order valence-corrected chi connectivity index (χ2v) is 3.93. The number of hydrogen-bond acceptors (Lipinski definition) is 4. The lowest BCUT2D eigenvalue weighted by molar-refractivity contribution is 0.233. The monoisotopic (exact) mass is 202 g/mol. The molecule has 0 spiro atoms. The molecule has 1 heterocycles. The summed E-state index contributed by atoms with van der Waals surface area (Å²) in [5.74, 6) is 0.255. The lowest BCUT2D eigenvalue weighted by Gasteiger charge is -2.07. The normalized spacial score (nSPS) is 13.1. The summed E-state index contributed by atoms with van der Waals surface area (Å²) in [6.07, 6.45) is 0. The third-order valence-electron chi connectivity index (χ3n) is 1.69.